The predicted molar refractivity (Wildman–Crippen MR) is 85.0 cm³/mol. The van der Waals surface area contributed by atoms with Crippen LogP contribution < -0.4 is 10.0 Å². The molecule has 1 saturated heterocycles. The first kappa shape index (κ1) is 16.8. The van der Waals surface area contributed by atoms with Gasteiger partial charge in [-0.25, -0.2) is 16.8 Å². The van der Waals surface area contributed by atoms with Gasteiger partial charge in [-0.05, 0) is 24.6 Å². The van der Waals surface area contributed by atoms with Crippen LogP contribution in [0.2, 0.25) is 0 Å². The van der Waals surface area contributed by atoms with Crippen molar-refractivity contribution in [3.8, 4) is 0 Å². The van der Waals surface area contributed by atoms with E-state index in [1.165, 1.54) is 6.07 Å². The van der Waals surface area contributed by atoms with E-state index in [1.54, 1.807) is 25.1 Å². The molecule has 0 aliphatic carbocycles. The molecule has 0 saturated carbocycles. The van der Waals surface area contributed by atoms with E-state index < -0.39 is 25.1 Å². The van der Waals surface area contributed by atoms with Crippen LogP contribution in [-0.2, 0) is 24.7 Å². The molecule has 1 aromatic carbocycles. The van der Waals surface area contributed by atoms with Crippen molar-refractivity contribution in [2.45, 2.75) is 25.0 Å². The summed E-state index contributed by atoms with van der Waals surface area (Å²) in [7, 11) is -7.05. The van der Waals surface area contributed by atoms with Gasteiger partial charge in [0.15, 0.2) is 9.84 Å². The number of rotatable bonds is 5. The van der Waals surface area contributed by atoms with Crippen molar-refractivity contribution in [1.29, 1.82) is 0 Å². The molecule has 122 valence electrons. The summed E-state index contributed by atoms with van der Waals surface area (Å²) in [6.07, 6.45) is 0.416. The van der Waals surface area contributed by atoms with Crippen LogP contribution in [0.15, 0.2) is 24.3 Å². The molecule has 1 heterocycles. The molecule has 2 rings (SSSR count). The average Bonchev–Trinajstić information content (AvgIpc) is 2.79. The van der Waals surface area contributed by atoms with E-state index in [2.05, 4.69) is 10.0 Å². The van der Waals surface area contributed by atoms with Gasteiger partial charge in [0.25, 0.3) is 0 Å². The van der Waals surface area contributed by atoms with Crippen molar-refractivity contribution in [1.82, 2.24) is 0 Å². The zero-order valence-electron chi connectivity index (χ0n) is 12.1. The third-order valence-electron chi connectivity index (χ3n) is 3.36. The summed E-state index contributed by atoms with van der Waals surface area (Å²) in [6.45, 7) is 1.71. The Morgan fingerprint density at radius 3 is 2.59 bits per heavy atom. The Kier molecular flexibility index (Phi) is 4.76. The fraction of sp³-hybridized carbons (Fsp3) is 0.462. The first-order chi connectivity index (χ1) is 10.2. The first-order valence-electron chi connectivity index (χ1n) is 6.84. The second-order valence-electron chi connectivity index (χ2n) is 5.15. The molecule has 1 amide bonds. The van der Waals surface area contributed by atoms with Crippen molar-refractivity contribution >= 4 is 37.1 Å². The highest BCUT2D eigenvalue weighted by molar-refractivity contribution is 7.97. The monoisotopic (exact) mass is 346 g/mol. The Labute approximate surface area is 130 Å². The topological polar surface area (TPSA) is 109 Å². The molecule has 2 N–H and O–H groups in total. The van der Waals surface area contributed by atoms with E-state index >= 15 is 0 Å². The lowest BCUT2D eigenvalue weighted by atomic mass is 10.3. The van der Waals surface area contributed by atoms with Crippen LogP contribution in [0.4, 0.5) is 11.4 Å². The van der Waals surface area contributed by atoms with E-state index in [0.29, 0.717) is 17.8 Å². The molecule has 0 spiro atoms. The van der Waals surface area contributed by atoms with Crippen LogP contribution in [0.3, 0.4) is 0 Å². The summed E-state index contributed by atoms with van der Waals surface area (Å²) in [6, 6.07) is 6.29. The number of sulfonamides is 1. The van der Waals surface area contributed by atoms with Crippen LogP contribution in [0.1, 0.15) is 19.8 Å². The Hall–Kier alpha value is -1.61. The van der Waals surface area contributed by atoms with Crippen molar-refractivity contribution in [2.75, 3.05) is 21.5 Å². The molecule has 1 atom stereocenters. The standard InChI is InChI=1S/C13H18N2O5S2/c1-2-13(16)14-10-4-3-5-11(8-10)15-22(19,20)12-6-7-21(17,18)9-12/h3-5,8,12,15H,2,6-7,9H2,1H3,(H,14,16). The third-order valence-corrected chi connectivity index (χ3v) is 7.14. The van der Waals surface area contributed by atoms with Gasteiger partial charge >= 0.3 is 0 Å². The summed E-state index contributed by atoms with van der Waals surface area (Å²) in [5, 5.41) is 1.69. The molecule has 7 nitrogen and oxygen atoms in total. The van der Waals surface area contributed by atoms with E-state index in [9.17, 15) is 21.6 Å². The molecule has 1 aliphatic heterocycles. The van der Waals surface area contributed by atoms with Gasteiger partial charge in [-0.15, -0.1) is 0 Å². The van der Waals surface area contributed by atoms with E-state index in [0.717, 1.165) is 0 Å². The Morgan fingerprint density at radius 1 is 1.32 bits per heavy atom. The van der Waals surface area contributed by atoms with Gasteiger partial charge in [0, 0.05) is 12.1 Å². The predicted octanol–water partition coefficient (Wildman–Crippen LogP) is 0.964. The Morgan fingerprint density at radius 2 is 2.00 bits per heavy atom. The van der Waals surface area contributed by atoms with Gasteiger partial charge in [0.05, 0.1) is 22.4 Å². The lowest BCUT2D eigenvalue weighted by Gasteiger charge is -2.13. The number of benzene rings is 1. The van der Waals surface area contributed by atoms with Gasteiger partial charge in [-0.3, -0.25) is 9.52 Å². The largest absolute Gasteiger partial charge is 0.326 e. The quantitative estimate of drug-likeness (QED) is 0.825. The second-order valence-corrected chi connectivity index (χ2v) is 9.34. The van der Waals surface area contributed by atoms with E-state index in [4.69, 9.17) is 0 Å². The lowest BCUT2D eigenvalue weighted by Crippen LogP contribution is -2.28. The fourth-order valence-electron chi connectivity index (χ4n) is 2.16. The number of carbonyl (C=O) groups excluding carboxylic acids is 1. The highest BCUT2D eigenvalue weighted by Crippen LogP contribution is 2.23. The van der Waals surface area contributed by atoms with E-state index in [1.807, 2.05) is 0 Å². The fourth-order valence-corrected chi connectivity index (χ4v) is 6.24. The van der Waals surface area contributed by atoms with Gasteiger partial charge in [0.1, 0.15) is 0 Å². The number of hydrogen-bond acceptors (Lipinski definition) is 5. The average molecular weight is 346 g/mol. The van der Waals surface area contributed by atoms with Crippen LogP contribution in [-0.4, -0.2) is 39.5 Å². The minimum Gasteiger partial charge on any atom is -0.326 e. The summed E-state index contributed by atoms with van der Waals surface area (Å²) in [5.74, 6) is -0.637. The van der Waals surface area contributed by atoms with Crippen LogP contribution >= 0.6 is 0 Å². The first-order valence-corrected chi connectivity index (χ1v) is 10.2. The number of nitrogens with one attached hydrogen (secondary N) is 2. The second kappa shape index (κ2) is 6.25. The SMILES string of the molecule is CCC(=O)Nc1cccc(NS(=O)(=O)C2CCS(=O)(=O)C2)c1. The molecular formula is C13H18N2O5S2. The maximum Gasteiger partial charge on any atom is 0.236 e. The zero-order chi connectivity index (χ0) is 16.4. The number of sulfone groups is 1. The Balaban J connectivity index is 2.13. The summed E-state index contributed by atoms with van der Waals surface area (Å²) < 4.78 is 49.6. The van der Waals surface area contributed by atoms with Gasteiger partial charge in [0.2, 0.25) is 15.9 Å². The van der Waals surface area contributed by atoms with Gasteiger partial charge in [-0.2, -0.15) is 0 Å². The van der Waals surface area contributed by atoms with Crippen LogP contribution in [0.5, 0.6) is 0 Å². The highest BCUT2D eigenvalue weighted by atomic mass is 32.2. The molecule has 9 heteroatoms. The van der Waals surface area contributed by atoms with Gasteiger partial charge < -0.3 is 5.32 Å². The Bertz CT molecular complexity index is 771. The number of amides is 1. The molecule has 1 unspecified atom stereocenters. The summed E-state index contributed by atoms with van der Waals surface area (Å²) in [4.78, 5) is 11.3. The lowest BCUT2D eigenvalue weighted by molar-refractivity contribution is -0.115. The molecule has 1 aliphatic rings. The molecule has 0 radical (unpaired) electrons. The minimum atomic E-state index is -3.78. The summed E-state index contributed by atoms with van der Waals surface area (Å²) in [5.41, 5.74) is 0.768. The normalized spacial score (nSPS) is 20.5. The third kappa shape index (κ3) is 4.20. The molecule has 0 aromatic heterocycles. The van der Waals surface area contributed by atoms with Crippen LogP contribution in [0, 0.1) is 0 Å². The van der Waals surface area contributed by atoms with Gasteiger partial charge in [-0.1, -0.05) is 13.0 Å². The van der Waals surface area contributed by atoms with Crippen molar-refractivity contribution in [3.05, 3.63) is 24.3 Å². The van der Waals surface area contributed by atoms with Crippen molar-refractivity contribution in [2.24, 2.45) is 0 Å². The maximum atomic E-state index is 12.2. The molecule has 1 aromatic rings. The smallest absolute Gasteiger partial charge is 0.236 e. The van der Waals surface area contributed by atoms with Crippen LogP contribution in [0.25, 0.3) is 0 Å². The molecule has 22 heavy (non-hydrogen) atoms. The maximum absolute atomic E-state index is 12.2. The summed E-state index contributed by atoms with van der Waals surface area (Å²) >= 11 is 0. The van der Waals surface area contributed by atoms with Crippen molar-refractivity contribution in [3.63, 3.8) is 0 Å². The highest BCUT2D eigenvalue weighted by Gasteiger charge is 2.37. The number of anilines is 2. The minimum absolute atomic E-state index is 0.101. The number of carbonyl (C=O) groups is 1. The van der Waals surface area contributed by atoms with Crippen molar-refractivity contribution < 1.29 is 21.6 Å². The zero-order valence-corrected chi connectivity index (χ0v) is 13.7. The molecular weight excluding hydrogens is 328 g/mol. The van der Waals surface area contributed by atoms with E-state index in [-0.39, 0.29) is 23.8 Å². The molecule has 1 fully saturated rings. The number of hydrogen-bond donors (Lipinski definition) is 2. The molecule has 0 bridgehead atoms.